The summed E-state index contributed by atoms with van der Waals surface area (Å²) in [7, 11) is 0. The van der Waals surface area contributed by atoms with Crippen LogP contribution in [0.1, 0.15) is 38.5 Å². The molecule has 0 aliphatic carbocycles. The molecule has 3 fully saturated rings. The minimum atomic E-state index is 0.397. The number of likely N-dealkylation sites (tertiary alicyclic amines) is 2. The number of carbonyl (C=O) groups excluding carboxylic acids is 1. The van der Waals surface area contributed by atoms with Crippen molar-refractivity contribution in [2.24, 2.45) is 5.92 Å². The number of nitrogens with zero attached hydrogens (tertiary/aromatic N) is 2. The Labute approximate surface area is 116 Å². The fourth-order valence-electron chi connectivity index (χ4n) is 3.82. The standard InChI is InChI=1S/C15H27N3O/c19-15(4-3-13-5-7-16-11-13)18-10-6-14(12-18)17-8-1-2-9-17/h13-14,16H,1-12H2. The third kappa shape index (κ3) is 3.29. The zero-order valence-electron chi connectivity index (χ0n) is 11.9. The zero-order chi connectivity index (χ0) is 13.1. The van der Waals surface area contributed by atoms with Gasteiger partial charge in [0, 0.05) is 25.6 Å². The van der Waals surface area contributed by atoms with Crippen LogP contribution in [0, 0.1) is 5.92 Å². The lowest BCUT2D eigenvalue weighted by Crippen LogP contribution is -2.37. The molecule has 0 bridgehead atoms. The molecule has 3 rings (SSSR count). The highest BCUT2D eigenvalue weighted by Gasteiger charge is 2.31. The Bertz CT molecular complexity index is 309. The predicted octanol–water partition coefficient (Wildman–Crippen LogP) is 1.07. The Kier molecular flexibility index (Phi) is 4.38. The van der Waals surface area contributed by atoms with E-state index in [1.807, 2.05) is 0 Å². The van der Waals surface area contributed by atoms with Crippen LogP contribution in [0.4, 0.5) is 0 Å². The van der Waals surface area contributed by atoms with E-state index in [9.17, 15) is 4.79 Å². The van der Waals surface area contributed by atoms with Crippen molar-refractivity contribution in [3.8, 4) is 0 Å². The minimum absolute atomic E-state index is 0.397. The molecular formula is C15H27N3O. The minimum Gasteiger partial charge on any atom is -0.341 e. The highest BCUT2D eigenvalue weighted by Crippen LogP contribution is 2.22. The number of carbonyl (C=O) groups is 1. The Morgan fingerprint density at radius 1 is 1.16 bits per heavy atom. The fourth-order valence-corrected chi connectivity index (χ4v) is 3.82. The van der Waals surface area contributed by atoms with Crippen molar-refractivity contribution in [1.82, 2.24) is 15.1 Å². The summed E-state index contributed by atoms with van der Waals surface area (Å²) >= 11 is 0. The molecule has 4 nitrogen and oxygen atoms in total. The van der Waals surface area contributed by atoms with Crippen LogP contribution in [0.25, 0.3) is 0 Å². The highest BCUT2D eigenvalue weighted by atomic mass is 16.2. The van der Waals surface area contributed by atoms with Crippen molar-refractivity contribution < 1.29 is 4.79 Å². The van der Waals surface area contributed by atoms with Crippen molar-refractivity contribution >= 4 is 5.91 Å². The molecule has 3 aliphatic rings. The quantitative estimate of drug-likeness (QED) is 0.826. The largest absolute Gasteiger partial charge is 0.341 e. The first-order valence-electron chi connectivity index (χ1n) is 8.05. The van der Waals surface area contributed by atoms with Crippen molar-refractivity contribution in [2.75, 3.05) is 39.3 Å². The monoisotopic (exact) mass is 265 g/mol. The Morgan fingerprint density at radius 3 is 2.74 bits per heavy atom. The summed E-state index contributed by atoms with van der Waals surface area (Å²) in [5.74, 6) is 1.13. The average Bonchev–Trinajstić information content (AvgIpc) is 3.14. The van der Waals surface area contributed by atoms with Gasteiger partial charge >= 0.3 is 0 Å². The maximum absolute atomic E-state index is 12.2. The lowest BCUT2D eigenvalue weighted by molar-refractivity contribution is -0.130. The molecular weight excluding hydrogens is 238 g/mol. The van der Waals surface area contributed by atoms with Gasteiger partial charge in [-0.25, -0.2) is 0 Å². The van der Waals surface area contributed by atoms with Crippen LogP contribution < -0.4 is 5.32 Å². The SMILES string of the molecule is O=C(CCC1CCNC1)N1CCC(N2CCCC2)C1. The van der Waals surface area contributed by atoms with Gasteiger partial charge in [-0.3, -0.25) is 9.69 Å². The van der Waals surface area contributed by atoms with Gasteiger partial charge in [0.25, 0.3) is 0 Å². The van der Waals surface area contributed by atoms with Gasteiger partial charge < -0.3 is 10.2 Å². The second-order valence-electron chi connectivity index (χ2n) is 6.42. The first kappa shape index (κ1) is 13.4. The summed E-state index contributed by atoms with van der Waals surface area (Å²) in [4.78, 5) is 17.0. The van der Waals surface area contributed by atoms with E-state index in [1.165, 1.54) is 38.8 Å². The van der Waals surface area contributed by atoms with Gasteiger partial charge in [-0.05, 0) is 64.2 Å². The van der Waals surface area contributed by atoms with Crippen LogP contribution in [-0.4, -0.2) is 61.0 Å². The molecule has 0 saturated carbocycles. The summed E-state index contributed by atoms with van der Waals surface area (Å²) < 4.78 is 0. The molecule has 0 spiro atoms. The summed E-state index contributed by atoms with van der Waals surface area (Å²) in [6, 6.07) is 0.652. The second kappa shape index (κ2) is 6.23. The molecule has 2 unspecified atom stereocenters. The first-order valence-corrected chi connectivity index (χ1v) is 8.05. The van der Waals surface area contributed by atoms with E-state index in [-0.39, 0.29) is 0 Å². The maximum atomic E-state index is 12.2. The maximum Gasteiger partial charge on any atom is 0.222 e. The number of amides is 1. The smallest absolute Gasteiger partial charge is 0.222 e. The summed E-state index contributed by atoms with van der Waals surface area (Å²) in [6.07, 6.45) is 6.98. The van der Waals surface area contributed by atoms with Crippen LogP contribution >= 0.6 is 0 Å². The van der Waals surface area contributed by atoms with Gasteiger partial charge in [0.1, 0.15) is 0 Å². The van der Waals surface area contributed by atoms with E-state index in [2.05, 4.69) is 15.1 Å². The number of rotatable bonds is 4. The van der Waals surface area contributed by atoms with E-state index < -0.39 is 0 Å². The van der Waals surface area contributed by atoms with E-state index >= 15 is 0 Å². The molecule has 0 aromatic heterocycles. The van der Waals surface area contributed by atoms with Gasteiger partial charge in [-0.2, -0.15) is 0 Å². The molecule has 3 heterocycles. The van der Waals surface area contributed by atoms with Gasteiger partial charge in [0.15, 0.2) is 0 Å². The van der Waals surface area contributed by atoms with Gasteiger partial charge in [-0.1, -0.05) is 0 Å². The van der Waals surface area contributed by atoms with E-state index in [0.717, 1.165) is 44.9 Å². The van der Waals surface area contributed by atoms with Gasteiger partial charge in [-0.15, -0.1) is 0 Å². The molecule has 1 amide bonds. The van der Waals surface area contributed by atoms with Crippen LogP contribution in [0.5, 0.6) is 0 Å². The van der Waals surface area contributed by atoms with Gasteiger partial charge in [0.05, 0.1) is 0 Å². The van der Waals surface area contributed by atoms with Gasteiger partial charge in [0.2, 0.25) is 5.91 Å². The Hall–Kier alpha value is -0.610. The fraction of sp³-hybridized carbons (Fsp3) is 0.933. The predicted molar refractivity (Wildman–Crippen MR) is 76.0 cm³/mol. The number of hydrogen-bond acceptors (Lipinski definition) is 3. The van der Waals surface area contributed by atoms with E-state index in [0.29, 0.717) is 11.9 Å². The third-order valence-electron chi connectivity index (χ3n) is 5.10. The molecule has 1 N–H and O–H groups in total. The highest BCUT2D eigenvalue weighted by molar-refractivity contribution is 5.76. The molecule has 4 heteroatoms. The lowest BCUT2D eigenvalue weighted by Gasteiger charge is -2.23. The van der Waals surface area contributed by atoms with Crippen LogP contribution in [0.15, 0.2) is 0 Å². The molecule has 19 heavy (non-hydrogen) atoms. The normalized spacial score (nSPS) is 32.3. The summed E-state index contributed by atoms with van der Waals surface area (Å²) in [5.41, 5.74) is 0. The molecule has 3 saturated heterocycles. The van der Waals surface area contributed by atoms with Crippen molar-refractivity contribution in [3.05, 3.63) is 0 Å². The molecule has 108 valence electrons. The van der Waals surface area contributed by atoms with Crippen molar-refractivity contribution in [1.29, 1.82) is 0 Å². The molecule has 2 atom stereocenters. The summed E-state index contributed by atoms with van der Waals surface area (Å²) in [6.45, 7) is 6.73. The molecule has 0 aromatic carbocycles. The Balaban J connectivity index is 1.40. The molecule has 0 radical (unpaired) electrons. The Morgan fingerprint density at radius 2 is 2.00 bits per heavy atom. The first-order chi connectivity index (χ1) is 9.33. The van der Waals surface area contributed by atoms with Crippen LogP contribution in [0.2, 0.25) is 0 Å². The van der Waals surface area contributed by atoms with Crippen molar-refractivity contribution in [3.63, 3.8) is 0 Å². The third-order valence-corrected chi connectivity index (χ3v) is 5.10. The van der Waals surface area contributed by atoms with Crippen molar-refractivity contribution in [2.45, 2.75) is 44.6 Å². The average molecular weight is 265 g/mol. The van der Waals surface area contributed by atoms with E-state index in [1.54, 1.807) is 0 Å². The number of nitrogens with one attached hydrogen (secondary N) is 1. The lowest BCUT2D eigenvalue weighted by atomic mass is 10.0. The molecule has 0 aromatic rings. The molecule has 3 aliphatic heterocycles. The summed E-state index contributed by atoms with van der Waals surface area (Å²) in [5, 5.41) is 3.38. The topological polar surface area (TPSA) is 35.6 Å². The number of hydrogen-bond donors (Lipinski definition) is 1. The van der Waals surface area contributed by atoms with Crippen LogP contribution in [-0.2, 0) is 4.79 Å². The zero-order valence-corrected chi connectivity index (χ0v) is 11.9. The van der Waals surface area contributed by atoms with E-state index in [4.69, 9.17) is 0 Å². The van der Waals surface area contributed by atoms with Crippen LogP contribution in [0.3, 0.4) is 0 Å². The second-order valence-corrected chi connectivity index (χ2v) is 6.42.